The van der Waals surface area contributed by atoms with Crippen molar-refractivity contribution >= 4 is 28.4 Å². The molecular formula is C20H20N6. The van der Waals surface area contributed by atoms with Crippen LogP contribution in [-0.2, 0) is 6.42 Å². The summed E-state index contributed by atoms with van der Waals surface area (Å²) >= 11 is 0. The lowest BCUT2D eigenvalue weighted by Crippen LogP contribution is -2.08. The lowest BCUT2D eigenvalue weighted by Gasteiger charge is -2.09. The van der Waals surface area contributed by atoms with Gasteiger partial charge in [-0.3, -0.25) is 0 Å². The third kappa shape index (κ3) is 3.49. The number of rotatable bonds is 6. The Labute approximate surface area is 151 Å². The van der Waals surface area contributed by atoms with Crippen LogP contribution in [0.3, 0.4) is 0 Å². The summed E-state index contributed by atoms with van der Waals surface area (Å²) in [5, 5.41) is 15.9. The number of aryl methyl sites for hydroxylation is 1. The van der Waals surface area contributed by atoms with Gasteiger partial charge in [0.05, 0.1) is 6.20 Å². The van der Waals surface area contributed by atoms with Crippen LogP contribution in [0, 0.1) is 6.92 Å². The molecule has 26 heavy (non-hydrogen) atoms. The first-order valence-electron chi connectivity index (χ1n) is 8.61. The summed E-state index contributed by atoms with van der Waals surface area (Å²) in [7, 11) is 0. The van der Waals surface area contributed by atoms with Crippen molar-refractivity contribution in [2.45, 2.75) is 13.3 Å². The van der Waals surface area contributed by atoms with Crippen molar-refractivity contribution in [1.82, 2.24) is 20.2 Å². The third-order valence-electron chi connectivity index (χ3n) is 4.33. The first kappa shape index (κ1) is 16.1. The number of aromatic amines is 1. The second-order valence-electron chi connectivity index (χ2n) is 6.14. The van der Waals surface area contributed by atoms with Crippen LogP contribution in [0.2, 0.25) is 0 Å². The lowest BCUT2D eigenvalue weighted by atomic mass is 10.1. The van der Waals surface area contributed by atoms with E-state index in [9.17, 15) is 0 Å². The van der Waals surface area contributed by atoms with Crippen molar-refractivity contribution in [2.24, 2.45) is 0 Å². The number of anilines is 3. The van der Waals surface area contributed by atoms with Crippen LogP contribution in [0.15, 0.2) is 60.9 Å². The minimum absolute atomic E-state index is 0.483. The van der Waals surface area contributed by atoms with Crippen molar-refractivity contribution in [2.75, 3.05) is 17.2 Å². The van der Waals surface area contributed by atoms with E-state index in [4.69, 9.17) is 0 Å². The highest BCUT2D eigenvalue weighted by atomic mass is 15.3. The summed E-state index contributed by atoms with van der Waals surface area (Å²) in [5.41, 5.74) is 4.56. The van der Waals surface area contributed by atoms with Crippen molar-refractivity contribution < 1.29 is 0 Å². The highest BCUT2D eigenvalue weighted by Crippen LogP contribution is 2.19. The Balaban J connectivity index is 1.40. The van der Waals surface area contributed by atoms with Gasteiger partial charge in [-0.05, 0) is 36.6 Å². The predicted molar refractivity (Wildman–Crippen MR) is 105 cm³/mol. The average molecular weight is 344 g/mol. The van der Waals surface area contributed by atoms with Gasteiger partial charge in [-0.2, -0.15) is 10.1 Å². The molecule has 2 aromatic heterocycles. The normalized spacial score (nSPS) is 10.8. The molecule has 130 valence electrons. The van der Waals surface area contributed by atoms with E-state index in [0.717, 1.165) is 29.7 Å². The van der Waals surface area contributed by atoms with E-state index in [-0.39, 0.29) is 0 Å². The molecule has 4 rings (SSSR count). The van der Waals surface area contributed by atoms with Crippen LogP contribution in [0.4, 0.5) is 17.5 Å². The maximum absolute atomic E-state index is 4.49. The maximum Gasteiger partial charge on any atom is 0.249 e. The molecule has 6 heteroatoms. The topological polar surface area (TPSA) is 78.5 Å². The Morgan fingerprint density at radius 3 is 2.81 bits per heavy atom. The van der Waals surface area contributed by atoms with Gasteiger partial charge in [0.2, 0.25) is 5.95 Å². The van der Waals surface area contributed by atoms with Crippen LogP contribution in [0.1, 0.15) is 11.1 Å². The van der Waals surface area contributed by atoms with E-state index in [1.165, 1.54) is 10.9 Å². The number of fused-ring (bicyclic) bond motifs is 1. The number of nitrogens with one attached hydrogen (secondary N) is 3. The quantitative estimate of drug-likeness (QED) is 0.492. The largest absolute Gasteiger partial charge is 0.368 e. The van der Waals surface area contributed by atoms with Crippen molar-refractivity contribution in [1.29, 1.82) is 0 Å². The SMILES string of the molecule is Cc1ccccc1Nc1nncc(NCCc2c[nH]c3ccccc23)n1. The molecule has 0 bridgehead atoms. The molecule has 2 heterocycles. The summed E-state index contributed by atoms with van der Waals surface area (Å²) < 4.78 is 0. The number of aromatic nitrogens is 4. The van der Waals surface area contributed by atoms with E-state index in [0.29, 0.717) is 11.8 Å². The van der Waals surface area contributed by atoms with Crippen LogP contribution >= 0.6 is 0 Å². The second kappa shape index (κ2) is 7.23. The molecule has 0 aliphatic rings. The average Bonchev–Trinajstić information content (AvgIpc) is 3.07. The molecule has 0 amide bonds. The number of para-hydroxylation sites is 2. The van der Waals surface area contributed by atoms with Crippen LogP contribution in [0.25, 0.3) is 10.9 Å². The fraction of sp³-hybridized carbons (Fsp3) is 0.150. The molecule has 4 aromatic rings. The number of hydrogen-bond donors (Lipinski definition) is 3. The van der Waals surface area contributed by atoms with Crippen LogP contribution < -0.4 is 10.6 Å². The van der Waals surface area contributed by atoms with E-state index in [1.54, 1.807) is 6.20 Å². The summed E-state index contributed by atoms with van der Waals surface area (Å²) in [6.45, 7) is 2.81. The first-order chi connectivity index (χ1) is 12.8. The van der Waals surface area contributed by atoms with Crippen LogP contribution in [-0.4, -0.2) is 26.7 Å². The zero-order valence-electron chi connectivity index (χ0n) is 14.5. The maximum atomic E-state index is 4.49. The Kier molecular flexibility index (Phi) is 4.47. The summed E-state index contributed by atoms with van der Waals surface area (Å²) in [4.78, 5) is 7.79. The zero-order valence-corrected chi connectivity index (χ0v) is 14.5. The number of nitrogens with zero attached hydrogens (tertiary/aromatic N) is 3. The van der Waals surface area contributed by atoms with Crippen molar-refractivity contribution in [3.8, 4) is 0 Å². The van der Waals surface area contributed by atoms with E-state index >= 15 is 0 Å². The van der Waals surface area contributed by atoms with Gasteiger partial charge in [0.1, 0.15) is 0 Å². The van der Waals surface area contributed by atoms with E-state index in [1.807, 2.05) is 37.3 Å². The molecule has 0 saturated carbocycles. The van der Waals surface area contributed by atoms with Gasteiger partial charge < -0.3 is 15.6 Å². The highest BCUT2D eigenvalue weighted by molar-refractivity contribution is 5.83. The molecule has 6 nitrogen and oxygen atoms in total. The first-order valence-corrected chi connectivity index (χ1v) is 8.61. The van der Waals surface area contributed by atoms with Gasteiger partial charge in [-0.25, -0.2) is 0 Å². The molecule has 0 saturated heterocycles. The smallest absolute Gasteiger partial charge is 0.249 e. The number of benzene rings is 2. The molecule has 0 radical (unpaired) electrons. The Morgan fingerprint density at radius 1 is 1.04 bits per heavy atom. The molecule has 0 spiro atoms. The highest BCUT2D eigenvalue weighted by Gasteiger charge is 2.05. The lowest BCUT2D eigenvalue weighted by molar-refractivity contribution is 0.952. The van der Waals surface area contributed by atoms with Crippen LogP contribution in [0.5, 0.6) is 0 Å². The number of hydrogen-bond acceptors (Lipinski definition) is 5. The van der Waals surface area contributed by atoms with Crippen molar-refractivity contribution in [3.05, 3.63) is 72.1 Å². The molecule has 3 N–H and O–H groups in total. The Morgan fingerprint density at radius 2 is 1.88 bits per heavy atom. The Hall–Kier alpha value is -3.41. The summed E-state index contributed by atoms with van der Waals surface area (Å²) in [5.74, 6) is 1.19. The number of H-pyrrole nitrogens is 1. The van der Waals surface area contributed by atoms with Crippen molar-refractivity contribution in [3.63, 3.8) is 0 Å². The van der Waals surface area contributed by atoms with Gasteiger partial charge >= 0.3 is 0 Å². The second-order valence-corrected chi connectivity index (χ2v) is 6.14. The van der Waals surface area contributed by atoms with Gasteiger partial charge in [0.25, 0.3) is 0 Å². The van der Waals surface area contributed by atoms with E-state index in [2.05, 4.69) is 55.2 Å². The van der Waals surface area contributed by atoms with Gasteiger partial charge in [0, 0.05) is 29.3 Å². The summed E-state index contributed by atoms with van der Waals surface area (Å²) in [6.07, 6.45) is 4.60. The Bertz CT molecular complexity index is 1020. The molecule has 0 aliphatic heterocycles. The molecular weight excluding hydrogens is 324 g/mol. The van der Waals surface area contributed by atoms with Gasteiger partial charge in [0.15, 0.2) is 5.82 Å². The third-order valence-corrected chi connectivity index (χ3v) is 4.33. The molecule has 0 atom stereocenters. The fourth-order valence-corrected chi connectivity index (χ4v) is 2.94. The van der Waals surface area contributed by atoms with Gasteiger partial charge in [-0.1, -0.05) is 36.4 Å². The monoisotopic (exact) mass is 344 g/mol. The molecule has 2 aromatic carbocycles. The fourth-order valence-electron chi connectivity index (χ4n) is 2.94. The zero-order chi connectivity index (χ0) is 17.8. The molecule has 0 aliphatic carbocycles. The summed E-state index contributed by atoms with van der Waals surface area (Å²) in [6, 6.07) is 16.3. The van der Waals surface area contributed by atoms with E-state index < -0.39 is 0 Å². The van der Waals surface area contributed by atoms with Gasteiger partial charge in [-0.15, -0.1) is 5.10 Å². The minimum atomic E-state index is 0.483. The molecule has 0 unspecified atom stereocenters. The standard InChI is InChI=1S/C20H20N6/c1-14-6-2-4-8-17(14)24-20-25-19(13-23-26-20)21-11-10-15-12-22-18-9-5-3-7-16(15)18/h2-9,12-13,22H,10-11H2,1H3,(H2,21,24,25,26). The molecule has 0 fully saturated rings. The minimum Gasteiger partial charge on any atom is -0.368 e. The predicted octanol–water partition coefficient (Wildman–Crippen LogP) is 4.06.